The number of hydrogen-bond donors (Lipinski definition) is 1. The van der Waals surface area contributed by atoms with Crippen LogP contribution in [-0.2, 0) is 4.79 Å². The molecule has 0 aliphatic heterocycles. The molecule has 0 atom stereocenters. The molecule has 2 fully saturated rings. The number of rotatable bonds is 3. The average Bonchev–Trinajstić information content (AvgIpc) is 2.43. The molecule has 0 heterocycles. The Labute approximate surface area is 116 Å². The van der Waals surface area contributed by atoms with E-state index in [-0.39, 0.29) is 5.78 Å². The number of ketones is 1. The van der Waals surface area contributed by atoms with Gasteiger partial charge in [-0.05, 0) is 44.4 Å². The zero-order valence-corrected chi connectivity index (χ0v) is 12.0. The van der Waals surface area contributed by atoms with Crippen LogP contribution in [0.3, 0.4) is 0 Å². The van der Waals surface area contributed by atoms with E-state index in [0.717, 1.165) is 31.6 Å². The van der Waals surface area contributed by atoms with Gasteiger partial charge in [0, 0.05) is 12.8 Å². The monoisotopic (exact) mass is 263 g/mol. The first-order valence-electron chi connectivity index (χ1n) is 7.70. The lowest BCUT2D eigenvalue weighted by molar-refractivity contribution is -0.136. The topological polar surface area (TPSA) is 61.1 Å². The van der Waals surface area contributed by atoms with Gasteiger partial charge in [-0.3, -0.25) is 4.79 Å². The van der Waals surface area contributed by atoms with Crippen molar-refractivity contribution < 1.29 is 9.90 Å². The molecule has 0 bridgehead atoms. The standard InChI is InChI=1S/C16H25NO2/c1-2-3-13-4-8-15(12-17,9-5-13)16(19)10-6-14(18)7-11-16/h13,19H,2-11H2,1H3. The van der Waals surface area contributed by atoms with Crippen molar-refractivity contribution in [1.29, 1.82) is 5.26 Å². The van der Waals surface area contributed by atoms with Crippen LogP contribution in [0.15, 0.2) is 0 Å². The van der Waals surface area contributed by atoms with Crippen LogP contribution in [0.4, 0.5) is 0 Å². The fraction of sp³-hybridized carbons (Fsp3) is 0.875. The lowest BCUT2D eigenvalue weighted by Crippen LogP contribution is -2.51. The number of carbonyl (C=O) groups excluding carboxylic acids is 1. The number of nitrogens with zero attached hydrogens (tertiary/aromatic N) is 1. The molecule has 2 aliphatic rings. The lowest BCUT2D eigenvalue weighted by atomic mass is 9.58. The highest BCUT2D eigenvalue weighted by Crippen LogP contribution is 2.51. The van der Waals surface area contributed by atoms with Crippen LogP contribution in [0.2, 0.25) is 0 Å². The Balaban J connectivity index is 2.08. The van der Waals surface area contributed by atoms with Gasteiger partial charge in [0.15, 0.2) is 0 Å². The van der Waals surface area contributed by atoms with Gasteiger partial charge < -0.3 is 5.11 Å². The van der Waals surface area contributed by atoms with Gasteiger partial charge in [0.05, 0.1) is 17.1 Å². The minimum Gasteiger partial charge on any atom is -0.388 e. The second kappa shape index (κ2) is 5.63. The smallest absolute Gasteiger partial charge is 0.133 e. The molecule has 19 heavy (non-hydrogen) atoms. The van der Waals surface area contributed by atoms with Gasteiger partial charge in [-0.15, -0.1) is 0 Å². The maximum absolute atomic E-state index is 11.4. The van der Waals surface area contributed by atoms with E-state index in [1.54, 1.807) is 0 Å². The minimum absolute atomic E-state index is 0.234. The molecule has 3 heteroatoms. The molecule has 0 saturated heterocycles. The molecule has 3 nitrogen and oxygen atoms in total. The Kier molecular flexibility index (Phi) is 4.30. The molecular weight excluding hydrogens is 238 g/mol. The van der Waals surface area contributed by atoms with E-state index in [2.05, 4.69) is 13.0 Å². The number of hydrogen-bond acceptors (Lipinski definition) is 3. The van der Waals surface area contributed by atoms with Gasteiger partial charge in [0.2, 0.25) is 0 Å². The second-order valence-electron chi connectivity index (χ2n) is 6.50. The van der Waals surface area contributed by atoms with Crippen molar-refractivity contribution in [2.75, 3.05) is 0 Å². The molecule has 1 N–H and O–H groups in total. The van der Waals surface area contributed by atoms with Crippen molar-refractivity contribution in [2.45, 2.75) is 76.7 Å². The Morgan fingerprint density at radius 1 is 1.26 bits per heavy atom. The first kappa shape index (κ1) is 14.5. The zero-order valence-electron chi connectivity index (χ0n) is 12.0. The highest BCUT2D eigenvalue weighted by atomic mass is 16.3. The Morgan fingerprint density at radius 2 is 1.84 bits per heavy atom. The molecule has 0 unspecified atom stereocenters. The van der Waals surface area contributed by atoms with E-state index in [1.165, 1.54) is 12.8 Å². The summed E-state index contributed by atoms with van der Waals surface area (Å²) in [5, 5.41) is 20.6. The van der Waals surface area contributed by atoms with Crippen molar-refractivity contribution >= 4 is 5.78 Å². The quantitative estimate of drug-likeness (QED) is 0.849. The Morgan fingerprint density at radius 3 is 2.32 bits per heavy atom. The van der Waals surface area contributed by atoms with Gasteiger partial charge in [-0.25, -0.2) is 0 Å². The maximum Gasteiger partial charge on any atom is 0.133 e. The molecule has 2 aliphatic carbocycles. The van der Waals surface area contributed by atoms with Gasteiger partial charge in [0.25, 0.3) is 0 Å². The van der Waals surface area contributed by atoms with Crippen molar-refractivity contribution in [3.63, 3.8) is 0 Å². The van der Waals surface area contributed by atoms with Gasteiger partial charge in [-0.2, -0.15) is 5.26 Å². The normalized spacial score (nSPS) is 34.8. The molecule has 0 amide bonds. The van der Waals surface area contributed by atoms with E-state index in [4.69, 9.17) is 0 Å². The fourth-order valence-electron chi connectivity index (χ4n) is 3.97. The minimum atomic E-state index is -0.924. The first-order valence-corrected chi connectivity index (χ1v) is 7.70. The van der Waals surface area contributed by atoms with E-state index in [9.17, 15) is 15.2 Å². The molecule has 0 spiro atoms. The van der Waals surface area contributed by atoms with Crippen LogP contribution >= 0.6 is 0 Å². The summed E-state index contributed by atoms with van der Waals surface area (Å²) < 4.78 is 0. The van der Waals surface area contributed by atoms with Crippen LogP contribution in [0.5, 0.6) is 0 Å². The predicted octanol–water partition coefficient (Wildman–Crippen LogP) is 3.36. The van der Waals surface area contributed by atoms with Crippen molar-refractivity contribution in [1.82, 2.24) is 0 Å². The molecule has 0 aromatic heterocycles. The fourth-order valence-corrected chi connectivity index (χ4v) is 3.97. The molecular formula is C16H25NO2. The molecule has 2 rings (SSSR count). The van der Waals surface area contributed by atoms with Gasteiger partial charge >= 0.3 is 0 Å². The molecule has 2 saturated carbocycles. The third-order valence-corrected chi connectivity index (χ3v) is 5.40. The predicted molar refractivity (Wildman–Crippen MR) is 73.3 cm³/mol. The number of Topliss-reactive ketones (excluding diaryl/α,β-unsaturated/α-hetero) is 1. The van der Waals surface area contributed by atoms with Gasteiger partial charge in [-0.1, -0.05) is 19.8 Å². The molecule has 0 radical (unpaired) electrons. The Bertz CT molecular complexity index is 365. The summed E-state index contributed by atoms with van der Waals surface area (Å²) in [4.78, 5) is 11.4. The highest BCUT2D eigenvalue weighted by molar-refractivity contribution is 5.79. The highest BCUT2D eigenvalue weighted by Gasteiger charge is 2.53. The number of aliphatic hydroxyl groups is 1. The largest absolute Gasteiger partial charge is 0.388 e. The van der Waals surface area contributed by atoms with Crippen molar-refractivity contribution in [3.8, 4) is 6.07 Å². The lowest BCUT2D eigenvalue weighted by Gasteiger charge is -2.48. The molecule has 0 aromatic rings. The third-order valence-electron chi connectivity index (χ3n) is 5.40. The SMILES string of the molecule is CCCC1CCC(C#N)(C2(O)CCC(=O)CC2)CC1. The summed E-state index contributed by atoms with van der Waals surface area (Å²) >= 11 is 0. The number of nitriles is 1. The van der Waals surface area contributed by atoms with Crippen LogP contribution < -0.4 is 0 Å². The summed E-state index contributed by atoms with van der Waals surface area (Å²) in [5.74, 6) is 0.956. The summed E-state index contributed by atoms with van der Waals surface area (Å²) in [5.41, 5.74) is -1.52. The molecule has 0 aromatic carbocycles. The van der Waals surface area contributed by atoms with Crippen LogP contribution in [0.1, 0.15) is 71.1 Å². The summed E-state index contributed by atoms with van der Waals surface area (Å²) in [6.07, 6.45) is 8.00. The second-order valence-corrected chi connectivity index (χ2v) is 6.50. The van der Waals surface area contributed by atoms with Crippen molar-refractivity contribution in [3.05, 3.63) is 0 Å². The zero-order chi connectivity index (χ0) is 13.9. The molecule has 106 valence electrons. The van der Waals surface area contributed by atoms with E-state index < -0.39 is 11.0 Å². The van der Waals surface area contributed by atoms with E-state index >= 15 is 0 Å². The van der Waals surface area contributed by atoms with Crippen LogP contribution in [-0.4, -0.2) is 16.5 Å². The summed E-state index contributed by atoms with van der Waals surface area (Å²) in [6, 6.07) is 2.44. The van der Waals surface area contributed by atoms with Crippen LogP contribution in [0, 0.1) is 22.7 Å². The third kappa shape index (κ3) is 2.69. The first-order chi connectivity index (χ1) is 9.05. The maximum atomic E-state index is 11.4. The number of carbonyl (C=O) groups is 1. The Hall–Kier alpha value is -0.880. The average molecular weight is 263 g/mol. The van der Waals surface area contributed by atoms with Crippen molar-refractivity contribution in [2.24, 2.45) is 11.3 Å². The van der Waals surface area contributed by atoms with E-state index in [0.29, 0.717) is 25.7 Å². The summed E-state index contributed by atoms with van der Waals surface area (Å²) in [7, 11) is 0. The van der Waals surface area contributed by atoms with E-state index in [1.807, 2.05) is 0 Å². The van der Waals surface area contributed by atoms with Crippen LogP contribution in [0.25, 0.3) is 0 Å². The summed E-state index contributed by atoms with van der Waals surface area (Å²) in [6.45, 7) is 2.20. The van der Waals surface area contributed by atoms with Gasteiger partial charge in [0.1, 0.15) is 5.78 Å².